The minimum Gasteiger partial charge on any atom is -0.334 e. The molecule has 1 aromatic carbocycles. The highest BCUT2D eigenvalue weighted by atomic mass is 16.6. The van der Waals surface area contributed by atoms with Gasteiger partial charge in [0.1, 0.15) is 0 Å². The number of nitrogens with zero attached hydrogens (tertiary/aromatic N) is 3. The minimum atomic E-state index is -0.435. The van der Waals surface area contributed by atoms with E-state index in [4.69, 9.17) is 10.3 Å². The first kappa shape index (κ1) is 14.1. The summed E-state index contributed by atoms with van der Waals surface area (Å²) in [6.07, 6.45) is 0. The fourth-order valence-corrected chi connectivity index (χ4v) is 1.83. The summed E-state index contributed by atoms with van der Waals surface area (Å²) in [6.45, 7) is 5.57. The number of benzene rings is 1. The lowest BCUT2D eigenvalue weighted by molar-refractivity contribution is -0.385. The summed E-state index contributed by atoms with van der Waals surface area (Å²) in [5.41, 5.74) is 7.02. The molecule has 0 aliphatic heterocycles. The molecule has 1 aromatic heterocycles. The van der Waals surface area contributed by atoms with Crippen LogP contribution in [0.2, 0.25) is 0 Å². The van der Waals surface area contributed by atoms with Gasteiger partial charge >= 0.3 is 0 Å². The van der Waals surface area contributed by atoms with E-state index in [0.29, 0.717) is 17.0 Å². The number of hydrogen-bond acceptors (Lipinski definition) is 6. The van der Waals surface area contributed by atoms with Crippen molar-refractivity contribution in [1.29, 1.82) is 0 Å². The van der Waals surface area contributed by atoms with Crippen molar-refractivity contribution in [1.82, 2.24) is 10.1 Å². The first-order chi connectivity index (χ1) is 9.41. The van der Waals surface area contributed by atoms with Crippen LogP contribution >= 0.6 is 0 Å². The Bertz CT molecular complexity index is 636. The largest absolute Gasteiger partial charge is 0.334 e. The second-order valence-electron chi connectivity index (χ2n) is 4.93. The number of aromatic nitrogens is 2. The van der Waals surface area contributed by atoms with Gasteiger partial charge in [0.15, 0.2) is 5.82 Å². The monoisotopic (exact) mass is 276 g/mol. The van der Waals surface area contributed by atoms with Crippen LogP contribution in [0.1, 0.15) is 31.3 Å². The summed E-state index contributed by atoms with van der Waals surface area (Å²) in [5, 5.41) is 14.8. The maximum Gasteiger partial charge on any atom is 0.273 e. The first-order valence-corrected chi connectivity index (χ1v) is 6.25. The van der Waals surface area contributed by atoms with Gasteiger partial charge < -0.3 is 10.3 Å². The number of rotatable bonds is 4. The standard InChI is InChI=1S/C13H16N4O3/c1-7(2)11(14)12-15-13(20-16-12)9-5-4-6-10(8(9)3)17(18)19/h4-7,11H,14H2,1-3H3. The van der Waals surface area contributed by atoms with Crippen LogP contribution < -0.4 is 5.73 Å². The average molecular weight is 276 g/mol. The molecule has 0 aliphatic carbocycles. The molecule has 0 saturated heterocycles. The average Bonchev–Trinajstić information content (AvgIpc) is 2.86. The highest BCUT2D eigenvalue weighted by Gasteiger charge is 2.21. The molecule has 1 heterocycles. The number of nitrogens with two attached hydrogens (primary N) is 1. The lowest BCUT2D eigenvalue weighted by Crippen LogP contribution is -2.18. The van der Waals surface area contributed by atoms with Crippen LogP contribution in [-0.2, 0) is 0 Å². The molecule has 0 bridgehead atoms. The molecule has 0 saturated carbocycles. The van der Waals surface area contributed by atoms with E-state index in [0.717, 1.165) is 0 Å². The van der Waals surface area contributed by atoms with Gasteiger partial charge in [-0.05, 0) is 18.9 Å². The molecular weight excluding hydrogens is 260 g/mol. The van der Waals surface area contributed by atoms with Gasteiger partial charge in [0.25, 0.3) is 11.6 Å². The van der Waals surface area contributed by atoms with E-state index < -0.39 is 4.92 Å². The van der Waals surface area contributed by atoms with E-state index in [9.17, 15) is 10.1 Å². The SMILES string of the molecule is Cc1c(-c2nc(C(N)C(C)C)no2)cccc1[N+](=O)[O-]. The van der Waals surface area contributed by atoms with E-state index in [1.54, 1.807) is 19.1 Å². The van der Waals surface area contributed by atoms with E-state index in [-0.39, 0.29) is 23.5 Å². The number of nitro groups is 1. The minimum absolute atomic E-state index is 0.0235. The van der Waals surface area contributed by atoms with Gasteiger partial charge in [0.05, 0.1) is 11.0 Å². The third-order valence-electron chi connectivity index (χ3n) is 3.19. The van der Waals surface area contributed by atoms with Crippen molar-refractivity contribution in [3.63, 3.8) is 0 Å². The molecule has 2 rings (SSSR count). The highest BCUT2D eigenvalue weighted by Crippen LogP contribution is 2.29. The summed E-state index contributed by atoms with van der Waals surface area (Å²) in [7, 11) is 0. The van der Waals surface area contributed by atoms with Crippen LogP contribution in [0.15, 0.2) is 22.7 Å². The normalized spacial score (nSPS) is 12.7. The van der Waals surface area contributed by atoms with Crippen LogP contribution in [0.4, 0.5) is 5.69 Å². The molecule has 7 nitrogen and oxygen atoms in total. The summed E-state index contributed by atoms with van der Waals surface area (Å²) in [4.78, 5) is 14.7. The van der Waals surface area contributed by atoms with Crippen LogP contribution in [0.3, 0.4) is 0 Å². The van der Waals surface area contributed by atoms with Crippen molar-refractivity contribution in [3.05, 3.63) is 39.7 Å². The van der Waals surface area contributed by atoms with Crippen molar-refractivity contribution < 1.29 is 9.45 Å². The fourth-order valence-electron chi connectivity index (χ4n) is 1.83. The molecule has 0 fully saturated rings. The number of hydrogen-bond donors (Lipinski definition) is 1. The Morgan fingerprint density at radius 1 is 1.40 bits per heavy atom. The zero-order chi connectivity index (χ0) is 14.9. The van der Waals surface area contributed by atoms with E-state index in [2.05, 4.69) is 10.1 Å². The molecular formula is C13H16N4O3. The van der Waals surface area contributed by atoms with E-state index in [1.165, 1.54) is 6.07 Å². The quantitative estimate of drug-likeness (QED) is 0.679. The third-order valence-corrected chi connectivity index (χ3v) is 3.19. The van der Waals surface area contributed by atoms with Gasteiger partial charge in [-0.25, -0.2) is 0 Å². The Morgan fingerprint density at radius 2 is 2.10 bits per heavy atom. The summed E-state index contributed by atoms with van der Waals surface area (Å²) >= 11 is 0. The Labute approximate surface area is 115 Å². The van der Waals surface area contributed by atoms with Crippen LogP contribution in [0.25, 0.3) is 11.5 Å². The fraction of sp³-hybridized carbons (Fsp3) is 0.385. The molecule has 2 N–H and O–H groups in total. The van der Waals surface area contributed by atoms with Gasteiger partial charge in [0.2, 0.25) is 0 Å². The summed E-state index contributed by atoms with van der Waals surface area (Å²) in [5.74, 6) is 0.824. The zero-order valence-corrected chi connectivity index (χ0v) is 11.5. The Hall–Kier alpha value is -2.28. The molecule has 1 atom stereocenters. The molecule has 0 spiro atoms. The molecule has 20 heavy (non-hydrogen) atoms. The van der Waals surface area contributed by atoms with Gasteiger partial charge in [0, 0.05) is 17.2 Å². The number of nitro benzene ring substituents is 1. The molecule has 0 aliphatic rings. The van der Waals surface area contributed by atoms with E-state index >= 15 is 0 Å². The maximum absolute atomic E-state index is 10.9. The Kier molecular flexibility index (Phi) is 3.80. The Balaban J connectivity index is 2.43. The first-order valence-electron chi connectivity index (χ1n) is 6.25. The molecule has 2 aromatic rings. The molecule has 1 unspecified atom stereocenters. The topological polar surface area (TPSA) is 108 Å². The van der Waals surface area contributed by atoms with Crippen molar-refractivity contribution in [2.24, 2.45) is 11.7 Å². The smallest absolute Gasteiger partial charge is 0.273 e. The summed E-state index contributed by atoms with van der Waals surface area (Å²) < 4.78 is 5.17. The predicted octanol–water partition coefficient (Wildman–Crippen LogP) is 2.61. The van der Waals surface area contributed by atoms with Crippen molar-refractivity contribution >= 4 is 5.69 Å². The van der Waals surface area contributed by atoms with Crippen LogP contribution in [0.5, 0.6) is 0 Å². The van der Waals surface area contributed by atoms with E-state index in [1.807, 2.05) is 13.8 Å². The maximum atomic E-state index is 10.9. The van der Waals surface area contributed by atoms with Crippen molar-refractivity contribution in [2.75, 3.05) is 0 Å². The zero-order valence-electron chi connectivity index (χ0n) is 11.5. The second kappa shape index (κ2) is 5.38. The van der Waals surface area contributed by atoms with Crippen molar-refractivity contribution in [2.45, 2.75) is 26.8 Å². The lowest BCUT2D eigenvalue weighted by atomic mass is 10.0. The van der Waals surface area contributed by atoms with Gasteiger partial charge in [-0.3, -0.25) is 10.1 Å². The molecule has 106 valence electrons. The molecule has 0 radical (unpaired) electrons. The van der Waals surface area contributed by atoms with Gasteiger partial charge in [-0.15, -0.1) is 0 Å². The third kappa shape index (κ3) is 2.53. The molecule has 0 amide bonds. The van der Waals surface area contributed by atoms with Crippen LogP contribution in [-0.4, -0.2) is 15.1 Å². The van der Waals surface area contributed by atoms with Gasteiger partial charge in [-0.1, -0.05) is 25.1 Å². The lowest BCUT2D eigenvalue weighted by Gasteiger charge is -2.09. The molecule has 7 heteroatoms. The van der Waals surface area contributed by atoms with Crippen LogP contribution in [0, 0.1) is 23.0 Å². The summed E-state index contributed by atoms with van der Waals surface area (Å²) in [6, 6.07) is 4.41. The highest BCUT2D eigenvalue weighted by molar-refractivity contribution is 5.64. The van der Waals surface area contributed by atoms with Gasteiger partial charge in [-0.2, -0.15) is 4.98 Å². The van der Waals surface area contributed by atoms with Crippen molar-refractivity contribution in [3.8, 4) is 11.5 Å². The predicted molar refractivity (Wildman–Crippen MR) is 72.9 cm³/mol. The Morgan fingerprint density at radius 3 is 2.70 bits per heavy atom. The second-order valence-corrected chi connectivity index (χ2v) is 4.93.